The van der Waals surface area contributed by atoms with Crippen molar-refractivity contribution in [1.29, 1.82) is 0 Å². The van der Waals surface area contributed by atoms with Crippen molar-refractivity contribution in [2.24, 2.45) is 0 Å². The van der Waals surface area contributed by atoms with Crippen molar-refractivity contribution in [3.05, 3.63) is 76.4 Å². The minimum absolute atomic E-state index is 0.385. The van der Waals surface area contributed by atoms with Crippen LogP contribution in [0.2, 0.25) is 0 Å². The average molecular weight is 461 g/mol. The highest BCUT2D eigenvalue weighted by atomic mass is 33.1. The van der Waals surface area contributed by atoms with Gasteiger partial charge >= 0.3 is 0 Å². The molecule has 0 aromatic heterocycles. The molecule has 0 saturated carbocycles. The Morgan fingerprint density at radius 2 is 1.23 bits per heavy atom. The maximum Gasteiger partial charge on any atom is 0.230 e. The molecule has 0 heterocycles. The molecule has 0 bridgehead atoms. The molecule has 2 nitrogen and oxygen atoms in total. The lowest BCUT2D eigenvalue weighted by Gasteiger charge is -2.05. The molecule has 0 N–H and O–H groups in total. The Bertz CT molecular complexity index is 895. The lowest BCUT2D eigenvalue weighted by atomic mass is 10.1. The van der Waals surface area contributed by atoms with Crippen LogP contribution in [0.15, 0.2) is 75.8 Å². The van der Waals surface area contributed by atoms with Gasteiger partial charge in [0, 0.05) is 5.75 Å². The summed E-state index contributed by atoms with van der Waals surface area (Å²) >= 11 is 0. The van der Waals surface area contributed by atoms with Crippen molar-refractivity contribution in [2.45, 2.75) is 85.0 Å². The van der Waals surface area contributed by atoms with Crippen LogP contribution in [-0.4, -0.2) is 14.2 Å². The van der Waals surface area contributed by atoms with E-state index in [2.05, 4.69) is 52.0 Å². The molecule has 0 saturated heterocycles. The zero-order chi connectivity index (χ0) is 23.3. The van der Waals surface area contributed by atoms with Crippen LogP contribution in [0.4, 0.5) is 0 Å². The number of allylic oxidation sites excluding steroid dienone is 7. The smallest absolute Gasteiger partial charge is 0.212 e. The Labute approximate surface area is 194 Å². The van der Waals surface area contributed by atoms with Gasteiger partial charge < -0.3 is 0 Å². The predicted molar refractivity (Wildman–Crippen MR) is 139 cm³/mol. The molecule has 0 aliphatic heterocycles. The average Bonchev–Trinajstić information content (AvgIpc) is 2.70. The fourth-order valence-corrected chi connectivity index (χ4v) is 5.83. The first kappa shape index (κ1) is 27.5. The summed E-state index contributed by atoms with van der Waals surface area (Å²) in [6.45, 7) is 12.7. The van der Waals surface area contributed by atoms with E-state index in [-0.39, 0.29) is 0 Å². The number of unbranched alkanes of at least 4 members (excludes halogenated alkanes) is 1. The summed E-state index contributed by atoms with van der Waals surface area (Å²) in [6, 6.07) is 7.05. The van der Waals surface area contributed by atoms with E-state index in [1.54, 1.807) is 12.1 Å². The minimum Gasteiger partial charge on any atom is -0.212 e. The first-order chi connectivity index (χ1) is 14.6. The van der Waals surface area contributed by atoms with Gasteiger partial charge in [-0.3, -0.25) is 0 Å². The second kappa shape index (κ2) is 14.5. The molecule has 31 heavy (non-hydrogen) atoms. The second-order valence-electron chi connectivity index (χ2n) is 8.62. The minimum atomic E-state index is -3.29. The van der Waals surface area contributed by atoms with Crippen molar-refractivity contribution in [3.63, 3.8) is 0 Å². The van der Waals surface area contributed by atoms with Gasteiger partial charge in [-0.15, -0.1) is 0 Å². The Morgan fingerprint density at radius 1 is 0.742 bits per heavy atom. The lowest BCUT2D eigenvalue weighted by Crippen LogP contribution is -1.97. The first-order valence-electron chi connectivity index (χ1n) is 11.2. The molecule has 1 aromatic rings. The van der Waals surface area contributed by atoms with Crippen LogP contribution >= 0.6 is 10.8 Å². The Kier molecular flexibility index (Phi) is 12.9. The van der Waals surface area contributed by atoms with Gasteiger partial charge in [-0.05, 0) is 103 Å². The molecule has 0 spiro atoms. The Morgan fingerprint density at radius 3 is 1.77 bits per heavy atom. The molecule has 0 unspecified atom stereocenters. The topological polar surface area (TPSA) is 34.1 Å². The lowest BCUT2D eigenvalue weighted by molar-refractivity contribution is 0.610. The largest absolute Gasteiger partial charge is 0.230 e. The first-order valence-corrected chi connectivity index (χ1v) is 14.1. The Hall–Kier alpha value is -1.52. The van der Waals surface area contributed by atoms with Crippen LogP contribution in [0, 0.1) is 6.92 Å². The highest BCUT2D eigenvalue weighted by Crippen LogP contribution is 2.25. The molecule has 172 valence electrons. The van der Waals surface area contributed by atoms with Crippen LogP contribution in [0.3, 0.4) is 0 Å². The van der Waals surface area contributed by atoms with Gasteiger partial charge in [0.2, 0.25) is 8.87 Å². The highest BCUT2D eigenvalue weighted by molar-refractivity contribution is 8.72. The van der Waals surface area contributed by atoms with Gasteiger partial charge in [0.15, 0.2) is 0 Å². The van der Waals surface area contributed by atoms with Gasteiger partial charge in [0.1, 0.15) is 0 Å². The molecule has 1 rings (SSSR count). The molecule has 1 aromatic carbocycles. The van der Waals surface area contributed by atoms with E-state index in [0.29, 0.717) is 10.6 Å². The molecule has 4 heteroatoms. The van der Waals surface area contributed by atoms with Crippen LogP contribution in [-0.2, 0) is 8.87 Å². The predicted octanol–water partition coefficient (Wildman–Crippen LogP) is 8.56. The summed E-state index contributed by atoms with van der Waals surface area (Å²) in [7, 11) is -2.28. The SMILES string of the molecule is CC(C)=CCC/C(C)=C/CC/C(C)=C/CC/C=C(\C)CSS(=O)(=O)c1ccc(C)cc1. The van der Waals surface area contributed by atoms with E-state index in [1.165, 1.54) is 16.7 Å². The fraction of sp³-hybridized carbons (Fsp3) is 0.481. The summed E-state index contributed by atoms with van der Waals surface area (Å²) in [6.07, 6.45) is 15.6. The van der Waals surface area contributed by atoms with Crippen molar-refractivity contribution in [2.75, 3.05) is 5.75 Å². The van der Waals surface area contributed by atoms with Gasteiger partial charge in [0.25, 0.3) is 0 Å². The van der Waals surface area contributed by atoms with Crippen LogP contribution in [0.1, 0.15) is 78.7 Å². The third-order valence-corrected chi connectivity index (χ3v) is 8.62. The van der Waals surface area contributed by atoms with Crippen LogP contribution < -0.4 is 0 Å². The molecular formula is C27H40O2S2. The van der Waals surface area contributed by atoms with Crippen LogP contribution in [0.25, 0.3) is 0 Å². The summed E-state index contributed by atoms with van der Waals surface area (Å²) in [4.78, 5) is 0.385. The summed E-state index contributed by atoms with van der Waals surface area (Å²) in [5.74, 6) is 0.510. The molecule has 0 fully saturated rings. The number of hydrogen-bond acceptors (Lipinski definition) is 3. The highest BCUT2D eigenvalue weighted by Gasteiger charge is 2.14. The standard InChI is InChI=1S/C27H40O2S2/c1-22(2)11-9-14-24(4)16-10-15-23(3)12-7-8-13-26(6)21-30-31(28,29)27-19-17-25(5)18-20-27/h11-13,16-20H,7-10,14-15,21H2,1-6H3/b23-12+,24-16+,26-13+. The molecule has 0 aliphatic carbocycles. The summed E-state index contributed by atoms with van der Waals surface area (Å²) in [5.41, 5.74) is 6.47. The van der Waals surface area contributed by atoms with E-state index < -0.39 is 8.87 Å². The monoisotopic (exact) mass is 460 g/mol. The van der Waals surface area contributed by atoms with Gasteiger partial charge in [-0.25, -0.2) is 8.42 Å². The van der Waals surface area contributed by atoms with Gasteiger partial charge in [0.05, 0.1) is 4.90 Å². The zero-order valence-corrected chi connectivity index (χ0v) is 21.8. The van der Waals surface area contributed by atoms with E-state index in [9.17, 15) is 8.42 Å². The van der Waals surface area contributed by atoms with Crippen molar-refractivity contribution in [3.8, 4) is 0 Å². The summed E-state index contributed by atoms with van der Waals surface area (Å²) in [5, 5.41) is 0. The third kappa shape index (κ3) is 12.8. The van der Waals surface area contributed by atoms with Crippen molar-refractivity contribution < 1.29 is 8.42 Å². The molecular weight excluding hydrogens is 420 g/mol. The summed E-state index contributed by atoms with van der Waals surface area (Å²) < 4.78 is 24.8. The second-order valence-corrected chi connectivity index (χ2v) is 12.5. The number of aryl methyl sites for hydroxylation is 1. The van der Waals surface area contributed by atoms with Gasteiger partial charge in [-0.2, -0.15) is 0 Å². The van der Waals surface area contributed by atoms with Crippen LogP contribution in [0.5, 0.6) is 0 Å². The molecule has 0 atom stereocenters. The molecule has 0 radical (unpaired) electrons. The molecule has 0 amide bonds. The number of benzene rings is 1. The van der Waals surface area contributed by atoms with Crippen molar-refractivity contribution in [1.82, 2.24) is 0 Å². The van der Waals surface area contributed by atoms with Gasteiger partial charge in [-0.1, -0.05) is 64.3 Å². The van der Waals surface area contributed by atoms with E-state index in [0.717, 1.165) is 60.5 Å². The number of hydrogen-bond donors (Lipinski definition) is 0. The zero-order valence-electron chi connectivity index (χ0n) is 20.2. The maximum absolute atomic E-state index is 12.4. The number of rotatable bonds is 13. The third-order valence-electron chi connectivity index (χ3n) is 5.03. The fourth-order valence-electron chi connectivity index (χ4n) is 3.00. The normalized spacial score (nSPS) is 13.4. The van der Waals surface area contributed by atoms with E-state index in [1.807, 2.05) is 26.0 Å². The molecule has 0 aliphatic rings. The van der Waals surface area contributed by atoms with E-state index >= 15 is 0 Å². The Balaban J connectivity index is 2.34. The van der Waals surface area contributed by atoms with E-state index in [4.69, 9.17) is 0 Å². The maximum atomic E-state index is 12.4. The quantitative estimate of drug-likeness (QED) is 0.168. The van der Waals surface area contributed by atoms with Crippen molar-refractivity contribution >= 4 is 19.7 Å².